The minimum Gasteiger partial charge on any atom is -0.493 e. The number of aliphatic hydroxyl groups is 1. The second-order valence-electron chi connectivity index (χ2n) is 7.24. The molecule has 24 heavy (non-hydrogen) atoms. The molecule has 1 heterocycles. The van der Waals surface area contributed by atoms with Gasteiger partial charge in [0.1, 0.15) is 0 Å². The van der Waals surface area contributed by atoms with Crippen LogP contribution >= 0.6 is 0 Å². The molecule has 2 fully saturated rings. The van der Waals surface area contributed by atoms with E-state index in [1.807, 2.05) is 12.1 Å². The van der Waals surface area contributed by atoms with E-state index < -0.39 is 0 Å². The molecule has 0 amide bonds. The number of hydrogen-bond donors (Lipinski definition) is 1. The minimum atomic E-state index is -0.305. The van der Waals surface area contributed by atoms with Gasteiger partial charge in [0, 0.05) is 0 Å². The first kappa shape index (κ1) is 17.6. The van der Waals surface area contributed by atoms with E-state index in [0.717, 1.165) is 48.9 Å². The van der Waals surface area contributed by atoms with Crippen molar-refractivity contribution in [1.29, 1.82) is 0 Å². The van der Waals surface area contributed by atoms with Gasteiger partial charge in [-0.25, -0.2) is 0 Å². The molecule has 1 saturated heterocycles. The molecule has 0 spiro atoms. The van der Waals surface area contributed by atoms with Crippen LogP contribution in [0.3, 0.4) is 0 Å². The Kier molecular flexibility index (Phi) is 6.01. The summed E-state index contributed by atoms with van der Waals surface area (Å²) in [5, 5.41) is 10.6. The third-order valence-electron chi connectivity index (χ3n) is 5.73. The third-order valence-corrected chi connectivity index (χ3v) is 5.73. The maximum Gasteiger partial charge on any atom is 0.161 e. The molecule has 1 aromatic carbocycles. The maximum absolute atomic E-state index is 10.6. The Morgan fingerprint density at radius 1 is 1.08 bits per heavy atom. The quantitative estimate of drug-likeness (QED) is 0.824. The fraction of sp³-hybridized carbons (Fsp3) is 0.700. The summed E-state index contributed by atoms with van der Waals surface area (Å²) in [5.41, 5.74) is 1.13. The van der Waals surface area contributed by atoms with Crippen molar-refractivity contribution in [2.24, 2.45) is 5.92 Å². The molecular weight excluding hydrogens is 302 g/mol. The van der Waals surface area contributed by atoms with Gasteiger partial charge in [-0.05, 0) is 62.4 Å². The van der Waals surface area contributed by atoms with Crippen molar-refractivity contribution in [1.82, 2.24) is 4.90 Å². The van der Waals surface area contributed by atoms with Crippen molar-refractivity contribution in [3.05, 3.63) is 23.8 Å². The summed E-state index contributed by atoms with van der Waals surface area (Å²) < 4.78 is 10.8. The molecule has 0 aromatic heterocycles. The molecular formula is C20H31NO3. The number of methoxy groups -OCH3 is 2. The molecule has 134 valence electrons. The fourth-order valence-electron chi connectivity index (χ4n) is 4.13. The summed E-state index contributed by atoms with van der Waals surface area (Å²) in [6.45, 7) is 2.15. The van der Waals surface area contributed by atoms with Gasteiger partial charge in [0.2, 0.25) is 0 Å². The molecule has 2 aliphatic rings. The van der Waals surface area contributed by atoms with Gasteiger partial charge >= 0.3 is 0 Å². The zero-order valence-corrected chi connectivity index (χ0v) is 15.0. The summed E-state index contributed by atoms with van der Waals surface area (Å²) in [6.07, 6.45) is 8.48. The van der Waals surface area contributed by atoms with Crippen LogP contribution in [0.15, 0.2) is 18.2 Å². The van der Waals surface area contributed by atoms with Crippen molar-refractivity contribution < 1.29 is 14.6 Å². The lowest BCUT2D eigenvalue weighted by Crippen LogP contribution is -2.42. The molecule has 4 heteroatoms. The van der Waals surface area contributed by atoms with Crippen LogP contribution in [-0.2, 0) is 0 Å². The van der Waals surface area contributed by atoms with Gasteiger partial charge in [0.15, 0.2) is 11.5 Å². The highest BCUT2D eigenvalue weighted by molar-refractivity contribution is 5.44. The van der Waals surface area contributed by atoms with Crippen molar-refractivity contribution in [3.8, 4) is 11.5 Å². The topological polar surface area (TPSA) is 41.9 Å². The molecule has 4 nitrogen and oxygen atoms in total. The van der Waals surface area contributed by atoms with E-state index in [1.165, 1.54) is 32.1 Å². The second kappa shape index (κ2) is 8.21. The van der Waals surface area contributed by atoms with Gasteiger partial charge in [-0.15, -0.1) is 0 Å². The number of likely N-dealkylation sites (tertiary alicyclic amines) is 1. The van der Waals surface area contributed by atoms with E-state index in [1.54, 1.807) is 14.2 Å². The van der Waals surface area contributed by atoms with Crippen LogP contribution in [0.25, 0.3) is 0 Å². The largest absolute Gasteiger partial charge is 0.493 e. The number of hydrogen-bond acceptors (Lipinski definition) is 4. The van der Waals surface area contributed by atoms with Crippen LogP contribution in [0.1, 0.15) is 56.6 Å². The predicted octanol–water partition coefficient (Wildman–Crippen LogP) is 3.78. The monoisotopic (exact) mass is 333 g/mol. The number of ether oxygens (including phenoxy) is 2. The lowest BCUT2D eigenvalue weighted by molar-refractivity contribution is 0.00785. The van der Waals surface area contributed by atoms with Crippen molar-refractivity contribution in [2.75, 3.05) is 27.3 Å². The van der Waals surface area contributed by atoms with Crippen LogP contribution in [0, 0.1) is 5.92 Å². The summed E-state index contributed by atoms with van der Waals surface area (Å²) in [4.78, 5) is 2.47. The molecule has 0 radical (unpaired) electrons. The number of piperidine rings is 1. The Morgan fingerprint density at radius 2 is 1.88 bits per heavy atom. The van der Waals surface area contributed by atoms with Crippen LogP contribution < -0.4 is 9.47 Å². The summed E-state index contributed by atoms with van der Waals surface area (Å²) >= 11 is 0. The lowest BCUT2D eigenvalue weighted by Gasteiger charge is -2.40. The van der Waals surface area contributed by atoms with Crippen LogP contribution in [0.2, 0.25) is 0 Å². The molecule has 2 atom stereocenters. The highest BCUT2D eigenvalue weighted by Crippen LogP contribution is 2.37. The average molecular weight is 333 g/mol. The zero-order valence-electron chi connectivity index (χ0n) is 15.0. The molecule has 1 N–H and O–H groups in total. The molecule has 1 aliphatic carbocycles. The molecule has 1 saturated carbocycles. The van der Waals surface area contributed by atoms with Crippen molar-refractivity contribution in [3.63, 3.8) is 0 Å². The first-order valence-corrected chi connectivity index (χ1v) is 9.37. The molecule has 0 bridgehead atoms. The third kappa shape index (κ3) is 3.86. The molecule has 3 rings (SSSR count). The van der Waals surface area contributed by atoms with E-state index in [4.69, 9.17) is 9.47 Å². The van der Waals surface area contributed by atoms with Gasteiger partial charge in [0.25, 0.3) is 0 Å². The fourth-order valence-corrected chi connectivity index (χ4v) is 4.13. The van der Waals surface area contributed by atoms with Gasteiger partial charge in [-0.3, -0.25) is 4.90 Å². The Hall–Kier alpha value is -1.26. The smallest absolute Gasteiger partial charge is 0.161 e. The van der Waals surface area contributed by atoms with E-state index in [2.05, 4.69) is 11.0 Å². The summed E-state index contributed by atoms with van der Waals surface area (Å²) in [5.74, 6) is 2.43. The number of aliphatic hydroxyl groups excluding tert-OH is 1. The Bertz CT molecular complexity index is 530. The van der Waals surface area contributed by atoms with E-state index >= 15 is 0 Å². The summed E-state index contributed by atoms with van der Waals surface area (Å²) in [7, 11) is 3.31. The van der Waals surface area contributed by atoms with E-state index in [0.29, 0.717) is 0 Å². The Labute approximate surface area is 145 Å². The normalized spacial score (nSPS) is 25.3. The zero-order chi connectivity index (χ0) is 16.9. The van der Waals surface area contributed by atoms with Crippen molar-refractivity contribution >= 4 is 0 Å². The highest BCUT2D eigenvalue weighted by Gasteiger charge is 2.32. The first-order chi connectivity index (χ1) is 11.7. The van der Waals surface area contributed by atoms with Gasteiger partial charge in [-0.1, -0.05) is 25.3 Å². The standard InChI is InChI=1S/C20H31NO3/c1-23-18-11-10-16(14-19(18)24-2)20-17(22)9-5-13-21(20)12-4-8-15-6-3-7-15/h10-11,14-15,17,20,22H,3-9,12-13H2,1-2H3. The van der Waals surface area contributed by atoms with Gasteiger partial charge in [0.05, 0.1) is 26.4 Å². The van der Waals surface area contributed by atoms with Crippen LogP contribution in [0.5, 0.6) is 11.5 Å². The van der Waals surface area contributed by atoms with Crippen LogP contribution in [0.4, 0.5) is 0 Å². The number of benzene rings is 1. The van der Waals surface area contributed by atoms with Crippen LogP contribution in [-0.4, -0.2) is 43.4 Å². The second-order valence-corrected chi connectivity index (χ2v) is 7.24. The molecule has 1 aliphatic heterocycles. The molecule has 1 aromatic rings. The van der Waals surface area contributed by atoms with E-state index in [-0.39, 0.29) is 12.1 Å². The summed E-state index contributed by atoms with van der Waals surface area (Å²) in [6, 6.07) is 6.11. The number of nitrogens with zero attached hydrogens (tertiary/aromatic N) is 1. The van der Waals surface area contributed by atoms with Gasteiger partial charge in [-0.2, -0.15) is 0 Å². The number of rotatable bonds is 7. The Morgan fingerprint density at radius 3 is 2.54 bits per heavy atom. The average Bonchev–Trinajstić information content (AvgIpc) is 2.56. The van der Waals surface area contributed by atoms with Crippen molar-refractivity contribution in [2.45, 2.75) is 57.1 Å². The van der Waals surface area contributed by atoms with Gasteiger partial charge < -0.3 is 14.6 Å². The maximum atomic E-state index is 10.6. The lowest BCUT2D eigenvalue weighted by atomic mass is 9.82. The SMILES string of the molecule is COc1ccc(C2C(O)CCCN2CCCC2CCC2)cc1OC. The minimum absolute atomic E-state index is 0.0694. The predicted molar refractivity (Wildman–Crippen MR) is 95.7 cm³/mol. The molecule has 2 unspecified atom stereocenters. The highest BCUT2D eigenvalue weighted by atomic mass is 16.5. The van der Waals surface area contributed by atoms with E-state index in [9.17, 15) is 5.11 Å². The Balaban J connectivity index is 1.70. The first-order valence-electron chi connectivity index (χ1n) is 9.37.